The van der Waals surface area contributed by atoms with Crippen LogP contribution < -0.4 is 5.32 Å². The highest BCUT2D eigenvalue weighted by molar-refractivity contribution is 5.93. The number of ether oxygens (including phenoxy) is 1. The Morgan fingerprint density at radius 2 is 1.96 bits per heavy atom. The van der Waals surface area contributed by atoms with Crippen molar-refractivity contribution < 1.29 is 14.1 Å². The molecule has 27 heavy (non-hydrogen) atoms. The summed E-state index contributed by atoms with van der Waals surface area (Å²) in [6.45, 7) is 7.50. The normalized spacial score (nSPS) is 26.4. The highest BCUT2D eigenvalue weighted by Crippen LogP contribution is 2.37. The fourth-order valence-electron chi connectivity index (χ4n) is 4.48. The van der Waals surface area contributed by atoms with Gasteiger partial charge in [-0.25, -0.2) is 0 Å². The molecule has 2 fully saturated rings. The molecule has 2 heterocycles. The van der Waals surface area contributed by atoms with E-state index in [9.17, 15) is 4.79 Å². The van der Waals surface area contributed by atoms with E-state index in [2.05, 4.69) is 22.3 Å². The zero-order valence-electron chi connectivity index (χ0n) is 16.9. The van der Waals surface area contributed by atoms with E-state index in [0.717, 1.165) is 37.4 Å². The van der Waals surface area contributed by atoms with Gasteiger partial charge >= 0.3 is 0 Å². The molecule has 0 spiro atoms. The number of aromatic nitrogens is 1. The van der Waals surface area contributed by atoms with E-state index in [4.69, 9.17) is 9.26 Å². The van der Waals surface area contributed by atoms with Gasteiger partial charge in [0.1, 0.15) is 5.76 Å². The number of carbonyl (C=O) groups is 1. The monoisotopic (exact) mass is 399 g/mol. The molecule has 2 aliphatic rings. The number of methoxy groups -OCH3 is 1. The molecule has 0 bridgehead atoms. The average Bonchev–Trinajstić information content (AvgIpc) is 3.03. The number of hydrogen-bond acceptors (Lipinski definition) is 5. The van der Waals surface area contributed by atoms with E-state index < -0.39 is 0 Å². The molecule has 1 amide bonds. The van der Waals surface area contributed by atoms with Crippen LogP contribution in [0.1, 0.15) is 73.7 Å². The standard InChI is InChI=1S/C20H33N3O3.ClH/c1-15-7-9-20(10-8-15,23-11-5-4-6-12-23)14-21-19(24)18-17(13-25-3)16(2)26-22-18;/h15H,4-14H2,1-3H3,(H,21,24);1H. The van der Waals surface area contributed by atoms with Gasteiger partial charge in [0.15, 0.2) is 5.69 Å². The number of piperidine rings is 1. The molecule has 3 rings (SSSR count). The Bertz CT molecular complexity index is 606. The molecule has 154 valence electrons. The van der Waals surface area contributed by atoms with Gasteiger partial charge in [0, 0.05) is 19.2 Å². The van der Waals surface area contributed by atoms with E-state index in [0.29, 0.717) is 24.6 Å². The Morgan fingerprint density at radius 1 is 1.30 bits per heavy atom. The van der Waals surface area contributed by atoms with Crippen molar-refractivity contribution in [1.82, 2.24) is 15.4 Å². The van der Waals surface area contributed by atoms with Crippen molar-refractivity contribution in [1.29, 1.82) is 0 Å². The van der Waals surface area contributed by atoms with Gasteiger partial charge in [0.05, 0.1) is 12.2 Å². The minimum absolute atomic E-state index is 0. The van der Waals surface area contributed by atoms with Crippen molar-refractivity contribution in [3.63, 3.8) is 0 Å². The van der Waals surface area contributed by atoms with Crippen LogP contribution in [0.4, 0.5) is 0 Å². The number of nitrogens with zero attached hydrogens (tertiary/aromatic N) is 2. The van der Waals surface area contributed by atoms with Crippen LogP contribution in [-0.4, -0.2) is 48.2 Å². The van der Waals surface area contributed by atoms with E-state index in [1.165, 1.54) is 32.1 Å². The Balaban J connectivity index is 0.00000261. The largest absolute Gasteiger partial charge is 0.380 e. The molecule has 1 aromatic heterocycles. The molecule has 1 N–H and O–H groups in total. The zero-order chi connectivity index (χ0) is 18.6. The molecule has 0 atom stereocenters. The molecule has 0 aromatic carbocycles. The fraction of sp³-hybridized carbons (Fsp3) is 0.800. The van der Waals surface area contributed by atoms with Crippen molar-refractivity contribution in [3.8, 4) is 0 Å². The average molecular weight is 400 g/mol. The first-order chi connectivity index (χ1) is 12.6. The lowest BCUT2D eigenvalue weighted by molar-refractivity contribution is 0.0228. The van der Waals surface area contributed by atoms with Crippen LogP contribution >= 0.6 is 12.4 Å². The van der Waals surface area contributed by atoms with E-state index in [1.54, 1.807) is 7.11 Å². The van der Waals surface area contributed by atoms with Gasteiger partial charge in [-0.15, -0.1) is 12.4 Å². The van der Waals surface area contributed by atoms with Gasteiger partial charge in [-0.2, -0.15) is 0 Å². The lowest BCUT2D eigenvalue weighted by atomic mass is 9.75. The molecule has 1 aliphatic carbocycles. The van der Waals surface area contributed by atoms with Gasteiger partial charge in [-0.1, -0.05) is 18.5 Å². The van der Waals surface area contributed by atoms with Crippen LogP contribution in [0.5, 0.6) is 0 Å². The van der Waals surface area contributed by atoms with E-state index in [1.807, 2.05) is 6.92 Å². The van der Waals surface area contributed by atoms with Crippen molar-refractivity contribution in [2.45, 2.75) is 70.9 Å². The molecule has 1 saturated carbocycles. The van der Waals surface area contributed by atoms with Gasteiger partial charge in [-0.05, 0) is 64.5 Å². The number of rotatable bonds is 6. The first-order valence-electron chi connectivity index (χ1n) is 10.0. The molecule has 0 unspecified atom stereocenters. The SMILES string of the molecule is COCc1c(C(=O)NCC2(N3CCCCC3)CCC(C)CC2)noc1C.Cl. The smallest absolute Gasteiger partial charge is 0.273 e. The first-order valence-corrected chi connectivity index (χ1v) is 10.0. The summed E-state index contributed by atoms with van der Waals surface area (Å²) < 4.78 is 10.4. The van der Waals surface area contributed by atoms with Crippen LogP contribution in [0.15, 0.2) is 4.52 Å². The quantitative estimate of drug-likeness (QED) is 0.789. The summed E-state index contributed by atoms with van der Waals surface area (Å²) in [5.74, 6) is 1.29. The first kappa shape index (κ1) is 22.2. The predicted molar refractivity (Wildman–Crippen MR) is 107 cm³/mol. The summed E-state index contributed by atoms with van der Waals surface area (Å²) in [5.41, 5.74) is 1.21. The van der Waals surface area contributed by atoms with Crippen molar-refractivity contribution in [2.24, 2.45) is 5.92 Å². The third kappa shape index (κ3) is 5.04. The number of amides is 1. The second kappa shape index (κ2) is 9.89. The second-order valence-electron chi connectivity index (χ2n) is 8.14. The number of halogens is 1. The lowest BCUT2D eigenvalue weighted by Gasteiger charge is -2.49. The third-order valence-electron chi connectivity index (χ3n) is 6.30. The number of nitrogens with one attached hydrogen (secondary N) is 1. The predicted octanol–water partition coefficient (Wildman–Crippen LogP) is 3.72. The maximum absolute atomic E-state index is 12.8. The molecule has 1 aliphatic heterocycles. The number of likely N-dealkylation sites (tertiary alicyclic amines) is 1. The summed E-state index contributed by atoms with van der Waals surface area (Å²) in [5, 5.41) is 7.14. The Kier molecular flexibility index (Phi) is 8.13. The number of carbonyl (C=O) groups excluding carboxylic acids is 1. The Hall–Kier alpha value is -1.11. The van der Waals surface area contributed by atoms with Crippen molar-refractivity contribution in [2.75, 3.05) is 26.7 Å². The summed E-state index contributed by atoms with van der Waals surface area (Å²) >= 11 is 0. The minimum Gasteiger partial charge on any atom is -0.380 e. The summed E-state index contributed by atoms with van der Waals surface area (Å²) in [6, 6.07) is 0. The van der Waals surface area contributed by atoms with E-state index in [-0.39, 0.29) is 23.9 Å². The van der Waals surface area contributed by atoms with Gasteiger partial charge in [0.2, 0.25) is 0 Å². The number of hydrogen-bond donors (Lipinski definition) is 1. The van der Waals surface area contributed by atoms with Crippen molar-refractivity contribution >= 4 is 18.3 Å². The van der Waals surface area contributed by atoms with Crippen LogP contribution in [0.2, 0.25) is 0 Å². The van der Waals surface area contributed by atoms with Crippen LogP contribution in [0.25, 0.3) is 0 Å². The fourth-order valence-corrected chi connectivity index (χ4v) is 4.48. The van der Waals surface area contributed by atoms with Crippen LogP contribution in [0.3, 0.4) is 0 Å². The lowest BCUT2D eigenvalue weighted by Crippen LogP contribution is -2.58. The molecule has 7 heteroatoms. The molecule has 6 nitrogen and oxygen atoms in total. The molecular weight excluding hydrogens is 366 g/mol. The summed E-state index contributed by atoms with van der Waals surface area (Å²) in [4.78, 5) is 15.4. The number of aryl methyl sites for hydroxylation is 1. The van der Waals surface area contributed by atoms with Crippen LogP contribution in [-0.2, 0) is 11.3 Å². The molecule has 1 aromatic rings. The second-order valence-corrected chi connectivity index (χ2v) is 8.14. The van der Waals surface area contributed by atoms with E-state index >= 15 is 0 Å². The van der Waals surface area contributed by atoms with Crippen LogP contribution in [0, 0.1) is 12.8 Å². The summed E-state index contributed by atoms with van der Waals surface area (Å²) in [6.07, 6.45) is 8.68. The Labute approximate surface area is 168 Å². The molecule has 0 radical (unpaired) electrons. The van der Waals surface area contributed by atoms with Gasteiger partial charge in [0.25, 0.3) is 5.91 Å². The molecular formula is C20H34ClN3O3. The minimum atomic E-state index is -0.149. The van der Waals surface area contributed by atoms with Gasteiger partial charge < -0.3 is 14.6 Å². The highest BCUT2D eigenvalue weighted by Gasteiger charge is 2.40. The maximum atomic E-state index is 12.8. The topological polar surface area (TPSA) is 67.6 Å². The highest BCUT2D eigenvalue weighted by atomic mass is 35.5. The summed E-state index contributed by atoms with van der Waals surface area (Å²) in [7, 11) is 1.61. The zero-order valence-corrected chi connectivity index (χ0v) is 17.7. The van der Waals surface area contributed by atoms with Gasteiger partial charge in [-0.3, -0.25) is 9.69 Å². The van der Waals surface area contributed by atoms with Crippen molar-refractivity contribution in [3.05, 3.63) is 17.0 Å². The Morgan fingerprint density at radius 3 is 2.59 bits per heavy atom. The molecule has 1 saturated heterocycles. The third-order valence-corrected chi connectivity index (χ3v) is 6.30. The maximum Gasteiger partial charge on any atom is 0.273 e.